The Morgan fingerprint density at radius 1 is 1.50 bits per heavy atom. The quantitative estimate of drug-likeness (QED) is 0.813. The summed E-state index contributed by atoms with van der Waals surface area (Å²) in [5.74, 6) is -0.306. The fraction of sp³-hybridized carbons (Fsp3) is 0.455. The molecule has 16 heavy (non-hydrogen) atoms. The van der Waals surface area contributed by atoms with E-state index >= 15 is 0 Å². The van der Waals surface area contributed by atoms with E-state index in [0.29, 0.717) is 5.69 Å². The third-order valence-electron chi connectivity index (χ3n) is 2.00. The van der Waals surface area contributed by atoms with Crippen LogP contribution in [0.1, 0.15) is 20.8 Å². The molecule has 1 unspecified atom stereocenters. The van der Waals surface area contributed by atoms with Crippen LogP contribution in [0.25, 0.3) is 0 Å². The maximum absolute atomic E-state index is 13.5. The smallest absolute Gasteiger partial charge is 0.185 e. The minimum Gasteiger partial charge on any atom is -0.491 e. The SMILES string of the molecule is CC.COc1c(F)c(Cl)cc2c1NC(C)S2. The van der Waals surface area contributed by atoms with Crippen molar-refractivity contribution in [3.8, 4) is 5.75 Å². The van der Waals surface area contributed by atoms with Crippen LogP contribution in [0.5, 0.6) is 5.75 Å². The van der Waals surface area contributed by atoms with Gasteiger partial charge in [-0.2, -0.15) is 0 Å². The van der Waals surface area contributed by atoms with E-state index in [-0.39, 0.29) is 16.1 Å². The molecule has 1 aliphatic rings. The highest BCUT2D eigenvalue weighted by Gasteiger charge is 2.25. The normalized spacial score (nSPS) is 17.0. The van der Waals surface area contributed by atoms with Gasteiger partial charge in [-0.15, -0.1) is 0 Å². The fourth-order valence-electron chi connectivity index (χ4n) is 1.43. The summed E-state index contributed by atoms with van der Waals surface area (Å²) in [6.45, 7) is 6.00. The number of halogens is 2. The van der Waals surface area contributed by atoms with E-state index in [1.165, 1.54) is 7.11 Å². The van der Waals surface area contributed by atoms with Crippen molar-refractivity contribution in [3.05, 3.63) is 16.9 Å². The monoisotopic (exact) mass is 263 g/mol. The van der Waals surface area contributed by atoms with Gasteiger partial charge in [0.25, 0.3) is 0 Å². The van der Waals surface area contributed by atoms with E-state index in [9.17, 15) is 4.39 Å². The maximum atomic E-state index is 13.5. The zero-order valence-electron chi connectivity index (χ0n) is 9.73. The Morgan fingerprint density at radius 2 is 2.12 bits per heavy atom. The molecule has 0 saturated heterocycles. The Hall–Kier alpha value is -0.610. The van der Waals surface area contributed by atoms with Crippen molar-refractivity contribution >= 4 is 29.1 Å². The predicted molar refractivity (Wildman–Crippen MR) is 68.3 cm³/mol. The number of benzene rings is 1. The molecule has 0 aliphatic carbocycles. The fourth-order valence-corrected chi connectivity index (χ4v) is 2.70. The van der Waals surface area contributed by atoms with Crippen LogP contribution < -0.4 is 10.1 Å². The molecule has 1 N–H and O–H groups in total. The lowest BCUT2D eigenvalue weighted by Gasteiger charge is -2.09. The number of methoxy groups -OCH3 is 1. The summed E-state index contributed by atoms with van der Waals surface area (Å²) in [5, 5.41) is 3.44. The molecule has 2 rings (SSSR count). The van der Waals surface area contributed by atoms with Crippen LogP contribution in [0, 0.1) is 5.82 Å². The molecular weight excluding hydrogens is 249 g/mol. The van der Waals surface area contributed by atoms with E-state index in [2.05, 4.69) is 5.32 Å². The van der Waals surface area contributed by atoms with E-state index < -0.39 is 5.82 Å². The molecule has 5 heteroatoms. The van der Waals surface area contributed by atoms with E-state index in [4.69, 9.17) is 16.3 Å². The van der Waals surface area contributed by atoms with E-state index in [1.807, 2.05) is 20.8 Å². The topological polar surface area (TPSA) is 21.3 Å². The van der Waals surface area contributed by atoms with E-state index in [0.717, 1.165) is 4.90 Å². The molecule has 1 atom stereocenters. The molecule has 1 aromatic carbocycles. The van der Waals surface area contributed by atoms with Gasteiger partial charge in [0.1, 0.15) is 0 Å². The second-order valence-corrected chi connectivity index (χ2v) is 4.77. The number of anilines is 1. The zero-order chi connectivity index (χ0) is 12.3. The van der Waals surface area contributed by atoms with Crippen molar-refractivity contribution in [2.24, 2.45) is 0 Å². The first-order chi connectivity index (χ1) is 7.63. The molecular formula is C11H15ClFNOS. The Morgan fingerprint density at radius 3 is 2.69 bits per heavy atom. The summed E-state index contributed by atoms with van der Waals surface area (Å²) in [6, 6.07) is 1.62. The highest BCUT2D eigenvalue weighted by atomic mass is 35.5. The summed E-state index contributed by atoms with van der Waals surface area (Å²) in [5.41, 5.74) is 0.701. The Balaban J connectivity index is 0.000000606. The molecule has 0 radical (unpaired) electrons. The molecule has 1 heterocycles. The molecule has 2 nitrogen and oxygen atoms in total. The third kappa shape index (κ3) is 2.38. The summed E-state index contributed by atoms with van der Waals surface area (Å²) in [6.07, 6.45) is 0. The summed E-state index contributed by atoms with van der Waals surface area (Å²) in [4.78, 5) is 0.931. The van der Waals surface area contributed by atoms with Gasteiger partial charge in [0.15, 0.2) is 11.6 Å². The Kier molecular flexibility index (Phi) is 4.74. The largest absolute Gasteiger partial charge is 0.491 e. The molecule has 1 aliphatic heterocycles. The molecule has 1 aromatic rings. The van der Waals surface area contributed by atoms with Crippen molar-refractivity contribution < 1.29 is 9.13 Å². The van der Waals surface area contributed by atoms with E-state index in [1.54, 1.807) is 17.8 Å². The summed E-state index contributed by atoms with van der Waals surface area (Å²) in [7, 11) is 1.43. The zero-order valence-corrected chi connectivity index (χ0v) is 11.3. The number of hydrogen-bond donors (Lipinski definition) is 1. The third-order valence-corrected chi connectivity index (χ3v) is 3.32. The molecule has 0 amide bonds. The lowest BCUT2D eigenvalue weighted by atomic mass is 10.2. The van der Waals surface area contributed by atoms with Crippen LogP contribution in [0.15, 0.2) is 11.0 Å². The van der Waals surface area contributed by atoms with Crippen LogP contribution in [0.4, 0.5) is 10.1 Å². The van der Waals surface area contributed by atoms with Crippen molar-refractivity contribution in [3.63, 3.8) is 0 Å². The number of fused-ring (bicyclic) bond motifs is 1. The molecule has 90 valence electrons. The number of rotatable bonds is 1. The Labute approximate surface area is 105 Å². The van der Waals surface area contributed by atoms with Crippen molar-refractivity contribution in [1.82, 2.24) is 0 Å². The van der Waals surface area contributed by atoms with Crippen LogP contribution in [-0.2, 0) is 0 Å². The molecule has 0 saturated carbocycles. The maximum Gasteiger partial charge on any atom is 0.185 e. The van der Waals surface area contributed by atoms with Gasteiger partial charge in [-0.25, -0.2) is 4.39 Å². The molecule has 0 spiro atoms. The molecule has 0 aromatic heterocycles. The lowest BCUT2D eigenvalue weighted by Crippen LogP contribution is -2.04. The minimum absolute atomic E-state index is 0.101. The van der Waals surface area contributed by atoms with Crippen molar-refractivity contribution in [1.29, 1.82) is 0 Å². The van der Waals surface area contributed by atoms with Crippen LogP contribution in [-0.4, -0.2) is 12.5 Å². The number of hydrogen-bond acceptors (Lipinski definition) is 3. The van der Waals surface area contributed by atoms with Crippen molar-refractivity contribution in [2.45, 2.75) is 31.0 Å². The molecule has 0 fully saturated rings. The summed E-state index contributed by atoms with van der Waals surface area (Å²) < 4.78 is 18.5. The van der Waals surface area contributed by atoms with Crippen LogP contribution in [0.2, 0.25) is 5.02 Å². The predicted octanol–water partition coefficient (Wildman–Crippen LogP) is 4.38. The average Bonchev–Trinajstić information content (AvgIpc) is 2.63. The second kappa shape index (κ2) is 5.64. The summed E-state index contributed by atoms with van der Waals surface area (Å²) >= 11 is 7.33. The van der Waals surface area contributed by atoms with Gasteiger partial charge < -0.3 is 10.1 Å². The van der Waals surface area contributed by atoms with Gasteiger partial charge in [0.05, 0.1) is 23.2 Å². The first kappa shape index (κ1) is 13.5. The van der Waals surface area contributed by atoms with Gasteiger partial charge in [-0.3, -0.25) is 0 Å². The molecule has 0 bridgehead atoms. The minimum atomic E-state index is -0.505. The van der Waals surface area contributed by atoms with Gasteiger partial charge in [-0.1, -0.05) is 37.2 Å². The average molecular weight is 264 g/mol. The number of thioether (sulfide) groups is 1. The van der Waals surface area contributed by atoms with Crippen LogP contribution >= 0.6 is 23.4 Å². The number of nitrogens with one attached hydrogen (secondary N) is 1. The lowest BCUT2D eigenvalue weighted by molar-refractivity contribution is 0.387. The first-order valence-corrected chi connectivity index (χ1v) is 6.38. The van der Waals surface area contributed by atoms with Gasteiger partial charge >= 0.3 is 0 Å². The second-order valence-electron chi connectivity index (χ2n) is 2.98. The highest BCUT2D eigenvalue weighted by molar-refractivity contribution is 8.00. The van der Waals surface area contributed by atoms with Gasteiger partial charge in [0, 0.05) is 4.90 Å². The van der Waals surface area contributed by atoms with Gasteiger partial charge in [-0.05, 0) is 13.0 Å². The standard InChI is InChI=1S/C9H9ClFNOS.C2H6/c1-4-12-8-6(14-4)3-5(10)7(11)9(8)13-2;1-2/h3-4,12H,1-2H3;1-2H3. The van der Waals surface area contributed by atoms with Crippen LogP contribution in [0.3, 0.4) is 0 Å². The van der Waals surface area contributed by atoms with Gasteiger partial charge in [0.2, 0.25) is 0 Å². The first-order valence-electron chi connectivity index (χ1n) is 5.12. The Bertz CT molecular complexity index is 387. The highest BCUT2D eigenvalue weighted by Crippen LogP contribution is 2.47. The number of ether oxygens (including phenoxy) is 1. The van der Waals surface area contributed by atoms with Crippen molar-refractivity contribution in [2.75, 3.05) is 12.4 Å².